The summed E-state index contributed by atoms with van der Waals surface area (Å²) in [7, 11) is 1.59. The number of nitrogens with two attached hydrogens (primary N) is 1. The van der Waals surface area contributed by atoms with Crippen LogP contribution in [-0.4, -0.2) is 17.3 Å². The summed E-state index contributed by atoms with van der Waals surface area (Å²) in [5.41, 5.74) is 8.89. The van der Waals surface area contributed by atoms with Gasteiger partial charge in [-0.1, -0.05) is 41.4 Å². The van der Waals surface area contributed by atoms with E-state index in [-0.39, 0.29) is 17.3 Å². The summed E-state index contributed by atoms with van der Waals surface area (Å²) in [4.78, 5) is 0. The number of nitrogens with one attached hydrogen (secondary N) is 1. The van der Waals surface area contributed by atoms with Crippen LogP contribution in [0.4, 0.5) is 0 Å². The molecule has 2 heterocycles. The van der Waals surface area contributed by atoms with Gasteiger partial charge in [0.25, 0.3) is 0 Å². The lowest BCUT2D eigenvalue weighted by atomic mass is 9.83. The van der Waals surface area contributed by atoms with E-state index in [9.17, 15) is 5.26 Å². The molecule has 0 radical (unpaired) electrons. The molecule has 6 nitrogen and oxygen atoms in total. The molecule has 1 aliphatic heterocycles. The van der Waals surface area contributed by atoms with E-state index in [2.05, 4.69) is 16.3 Å². The van der Waals surface area contributed by atoms with Gasteiger partial charge in [-0.3, -0.25) is 5.10 Å². The summed E-state index contributed by atoms with van der Waals surface area (Å²) in [6.07, 6.45) is 0. The number of rotatable bonds is 3. The number of nitriles is 1. The second-order valence-corrected chi connectivity index (χ2v) is 6.92. The molecule has 1 aliphatic rings. The Balaban J connectivity index is 2.00. The molecule has 0 bridgehead atoms. The Hall–Kier alpha value is -3.14. The number of ether oxygens (including phenoxy) is 2. The van der Waals surface area contributed by atoms with Crippen molar-refractivity contribution in [3.05, 3.63) is 75.1 Å². The number of fused-ring (bicyclic) bond motifs is 1. The Bertz CT molecular complexity index is 1130. The number of allylic oxidation sites excluding steroid dienone is 1. The van der Waals surface area contributed by atoms with E-state index in [0.29, 0.717) is 32.6 Å². The number of methoxy groups -OCH3 is 1. The summed E-state index contributed by atoms with van der Waals surface area (Å²) in [6, 6.07) is 14.8. The van der Waals surface area contributed by atoms with E-state index in [1.54, 1.807) is 25.3 Å². The molecule has 0 amide bonds. The van der Waals surface area contributed by atoms with Crippen LogP contribution < -0.4 is 15.2 Å². The molecule has 4 rings (SSSR count). The van der Waals surface area contributed by atoms with Crippen molar-refractivity contribution in [1.29, 1.82) is 5.26 Å². The first-order valence-corrected chi connectivity index (χ1v) is 9.05. The van der Waals surface area contributed by atoms with Gasteiger partial charge in [0.15, 0.2) is 0 Å². The standard InChI is InChI=1S/C20H14Cl2N4O2/c1-27-11-5-2-4-10(8-11)18-17-15(16-13(21)6-3-7-14(16)22)12(9-23)19(24)28-20(17)26-25-18/h2-8,15H,24H2,1H3,(H,25,26)/t15-/m1/s1. The van der Waals surface area contributed by atoms with Crippen LogP contribution >= 0.6 is 23.2 Å². The molecule has 3 N–H and O–H groups in total. The fraction of sp³-hybridized carbons (Fsp3) is 0.100. The molecular formula is C20H14Cl2N4O2. The van der Waals surface area contributed by atoms with Gasteiger partial charge >= 0.3 is 0 Å². The number of halogens is 2. The second-order valence-electron chi connectivity index (χ2n) is 6.11. The minimum absolute atomic E-state index is 0.0281. The SMILES string of the molecule is COc1cccc(-c2[nH]nc3c2[C@@H](c2c(Cl)cccc2Cl)C(C#N)=C(N)O3)c1. The van der Waals surface area contributed by atoms with Gasteiger partial charge in [-0.15, -0.1) is 5.10 Å². The lowest BCUT2D eigenvalue weighted by Crippen LogP contribution is -2.21. The topological polar surface area (TPSA) is 97.0 Å². The maximum Gasteiger partial charge on any atom is 0.244 e. The van der Waals surface area contributed by atoms with Gasteiger partial charge in [0, 0.05) is 21.2 Å². The molecule has 140 valence electrons. The molecule has 0 saturated carbocycles. The van der Waals surface area contributed by atoms with Crippen LogP contribution in [-0.2, 0) is 0 Å². The van der Waals surface area contributed by atoms with E-state index < -0.39 is 5.92 Å². The van der Waals surface area contributed by atoms with Gasteiger partial charge in [-0.2, -0.15) is 5.26 Å². The number of hydrogen-bond donors (Lipinski definition) is 2. The number of aromatic nitrogens is 2. The Morgan fingerprint density at radius 2 is 1.89 bits per heavy atom. The molecule has 2 aromatic carbocycles. The first-order chi connectivity index (χ1) is 13.5. The predicted molar refractivity (Wildman–Crippen MR) is 106 cm³/mol. The molecule has 0 aliphatic carbocycles. The smallest absolute Gasteiger partial charge is 0.244 e. The molecule has 8 heteroatoms. The highest BCUT2D eigenvalue weighted by atomic mass is 35.5. The van der Waals surface area contributed by atoms with Gasteiger partial charge in [-0.25, -0.2) is 0 Å². The van der Waals surface area contributed by atoms with Crippen LogP contribution in [0, 0.1) is 11.3 Å². The van der Waals surface area contributed by atoms with E-state index in [1.807, 2.05) is 24.3 Å². The van der Waals surface area contributed by atoms with Crippen LogP contribution in [0.25, 0.3) is 11.3 Å². The second kappa shape index (κ2) is 7.12. The van der Waals surface area contributed by atoms with Crippen molar-refractivity contribution >= 4 is 23.2 Å². The maximum atomic E-state index is 9.78. The number of nitrogens with zero attached hydrogens (tertiary/aromatic N) is 2. The first kappa shape index (κ1) is 18.2. The van der Waals surface area contributed by atoms with Crippen LogP contribution in [0.15, 0.2) is 53.9 Å². The highest BCUT2D eigenvalue weighted by molar-refractivity contribution is 6.36. The Kier molecular flexibility index (Phi) is 4.63. The fourth-order valence-electron chi connectivity index (χ4n) is 3.32. The van der Waals surface area contributed by atoms with Crippen molar-refractivity contribution < 1.29 is 9.47 Å². The summed E-state index contributed by atoms with van der Waals surface area (Å²) in [6.45, 7) is 0. The summed E-state index contributed by atoms with van der Waals surface area (Å²) < 4.78 is 10.9. The van der Waals surface area contributed by atoms with Crippen molar-refractivity contribution in [1.82, 2.24) is 10.2 Å². The maximum absolute atomic E-state index is 9.78. The minimum Gasteiger partial charge on any atom is -0.497 e. The number of hydrogen-bond acceptors (Lipinski definition) is 5. The van der Waals surface area contributed by atoms with Gasteiger partial charge < -0.3 is 15.2 Å². The molecule has 1 atom stereocenters. The third kappa shape index (κ3) is 2.85. The van der Waals surface area contributed by atoms with Crippen LogP contribution in [0.1, 0.15) is 17.0 Å². The molecule has 28 heavy (non-hydrogen) atoms. The van der Waals surface area contributed by atoms with Crippen molar-refractivity contribution in [3.8, 4) is 29.0 Å². The van der Waals surface area contributed by atoms with E-state index >= 15 is 0 Å². The van der Waals surface area contributed by atoms with Crippen LogP contribution in [0.5, 0.6) is 11.6 Å². The monoisotopic (exact) mass is 412 g/mol. The van der Waals surface area contributed by atoms with Crippen molar-refractivity contribution in [3.63, 3.8) is 0 Å². The molecule has 0 fully saturated rings. The fourth-order valence-corrected chi connectivity index (χ4v) is 3.93. The van der Waals surface area contributed by atoms with Gasteiger partial charge in [0.2, 0.25) is 11.8 Å². The highest BCUT2D eigenvalue weighted by Gasteiger charge is 2.37. The molecule has 0 saturated heterocycles. The molecule has 1 aromatic heterocycles. The van der Waals surface area contributed by atoms with Gasteiger partial charge in [0.05, 0.1) is 24.3 Å². The Morgan fingerprint density at radius 1 is 1.18 bits per heavy atom. The summed E-state index contributed by atoms with van der Waals surface area (Å²) >= 11 is 12.9. The summed E-state index contributed by atoms with van der Waals surface area (Å²) in [5, 5.41) is 17.8. The molecule has 0 unspecified atom stereocenters. The Labute approximate surface area is 171 Å². The number of H-pyrrole nitrogens is 1. The lowest BCUT2D eigenvalue weighted by molar-refractivity contribution is 0.379. The predicted octanol–water partition coefficient (Wildman–Crippen LogP) is 4.61. The zero-order valence-corrected chi connectivity index (χ0v) is 16.2. The van der Waals surface area contributed by atoms with Gasteiger partial charge in [-0.05, 0) is 24.3 Å². The number of aromatic amines is 1. The van der Waals surface area contributed by atoms with E-state index in [1.165, 1.54) is 0 Å². The molecule has 3 aromatic rings. The lowest BCUT2D eigenvalue weighted by Gasteiger charge is -2.25. The highest BCUT2D eigenvalue weighted by Crippen LogP contribution is 2.49. The van der Waals surface area contributed by atoms with E-state index in [4.69, 9.17) is 38.4 Å². The summed E-state index contributed by atoms with van der Waals surface area (Å²) in [5.74, 6) is 0.297. The largest absolute Gasteiger partial charge is 0.497 e. The van der Waals surface area contributed by atoms with Crippen molar-refractivity contribution in [2.45, 2.75) is 5.92 Å². The van der Waals surface area contributed by atoms with Crippen molar-refractivity contribution in [2.24, 2.45) is 5.73 Å². The zero-order chi connectivity index (χ0) is 19.8. The third-order valence-electron chi connectivity index (χ3n) is 4.59. The zero-order valence-electron chi connectivity index (χ0n) is 14.7. The normalized spacial score (nSPS) is 15.6. The quantitative estimate of drug-likeness (QED) is 0.654. The first-order valence-electron chi connectivity index (χ1n) is 8.29. The average molecular weight is 413 g/mol. The van der Waals surface area contributed by atoms with Crippen LogP contribution in [0.2, 0.25) is 10.0 Å². The number of benzene rings is 2. The molecule has 0 spiro atoms. The van der Waals surface area contributed by atoms with Crippen molar-refractivity contribution in [2.75, 3.05) is 7.11 Å². The minimum atomic E-state index is -0.630. The molecular weight excluding hydrogens is 399 g/mol. The van der Waals surface area contributed by atoms with E-state index in [0.717, 1.165) is 5.56 Å². The van der Waals surface area contributed by atoms with Crippen LogP contribution in [0.3, 0.4) is 0 Å². The third-order valence-corrected chi connectivity index (χ3v) is 5.24. The van der Waals surface area contributed by atoms with Gasteiger partial charge in [0.1, 0.15) is 17.4 Å². The average Bonchev–Trinajstić information content (AvgIpc) is 3.11. The Morgan fingerprint density at radius 3 is 2.57 bits per heavy atom.